The predicted octanol–water partition coefficient (Wildman–Crippen LogP) is 5.55. The van der Waals surface area contributed by atoms with Crippen molar-refractivity contribution in [2.24, 2.45) is 11.3 Å². The van der Waals surface area contributed by atoms with Crippen molar-refractivity contribution in [3.05, 3.63) is 60.1 Å². The monoisotopic (exact) mass is 440 g/mol. The Morgan fingerprint density at radius 1 is 0.969 bits per heavy atom. The van der Waals surface area contributed by atoms with Gasteiger partial charge >= 0.3 is 0 Å². The summed E-state index contributed by atoms with van der Waals surface area (Å²) in [5.41, 5.74) is 1.35. The Morgan fingerprint density at radius 2 is 1.66 bits per heavy atom. The van der Waals surface area contributed by atoms with Crippen LogP contribution in [0.5, 0.6) is 0 Å². The predicted molar refractivity (Wildman–Crippen MR) is 129 cm³/mol. The summed E-state index contributed by atoms with van der Waals surface area (Å²) in [4.78, 5) is 29.9. The van der Waals surface area contributed by atoms with Gasteiger partial charge in [-0.15, -0.1) is 0 Å². The van der Waals surface area contributed by atoms with Crippen LogP contribution < -0.4 is 0 Å². The Labute approximate surface area is 193 Å². The smallest absolute Gasteiger partial charge is 0.242 e. The molecule has 2 amide bonds. The van der Waals surface area contributed by atoms with Gasteiger partial charge in [-0.3, -0.25) is 9.59 Å². The van der Waals surface area contributed by atoms with E-state index in [0.717, 1.165) is 18.6 Å². The first kappa shape index (κ1) is 25.7. The molecule has 32 heavy (non-hydrogen) atoms. The second kappa shape index (κ2) is 11.9. The average molecular weight is 441 g/mol. The first-order valence-electron chi connectivity index (χ1n) is 11.7. The molecule has 0 aliphatic carbocycles. The Bertz CT molecular complexity index is 822. The molecule has 1 atom stereocenters. The van der Waals surface area contributed by atoms with Crippen LogP contribution in [0.3, 0.4) is 0 Å². The van der Waals surface area contributed by atoms with Gasteiger partial charge in [-0.1, -0.05) is 58.0 Å². The third kappa shape index (κ3) is 8.89. The van der Waals surface area contributed by atoms with Crippen molar-refractivity contribution >= 4 is 11.8 Å². The standard InChI is InChI=1S/C27H40N2O3/c1-21(2)29(25(30)17-22(3)18-27(4,5)6)20-26(31)28(19-24-13-10-16-32-24)15-14-23-11-8-7-9-12-23/h7-13,16,21-22H,14-15,17-20H2,1-6H3. The molecule has 0 bridgehead atoms. The summed E-state index contributed by atoms with van der Waals surface area (Å²) < 4.78 is 5.49. The molecule has 0 aliphatic rings. The number of carbonyl (C=O) groups excluding carboxylic acids is 2. The zero-order valence-corrected chi connectivity index (χ0v) is 20.6. The molecule has 5 nitrogen and oxygen atoms in total. The van der Waals surface area contributed by atoms with Crippen LogP contribution >= 0.6 is 0 Å². The Morgan fingerprint density at radius 3 is 2.22 bits per heavy atom. The maximum atomic E-state index is 13.3. The summed E-state index contributed by atoms with van der Waals surface area (Å²) in [6, 6.07) is 13.8. The normalized spacial score (nSPS) is 12.6. The second-order valence-electron chi connectivity index (χ2n) is 10.3. The molecule has 1 aromatic heterocycles. The van der Waals surface area contributed by atoms with Crippen LogP contribution in [0.1, 0.15) is 65.7 Å². The van der Waals surface area contributed by atoms with Crippen LogP contribution in [0.15, 0.2) is 53.1 Å². The van der Waals surface area contributed by atoms with E-state index in [2.05, 4.69) is 39.8 Å². The zero-order valence-electron chi connectivity index (χ0n) is 20.6. The second-order valence-corrected chi connectivity index (χ2v) is 10.3. The van der Waals surface area contributed by atoms with Gasteiger partial charge in [0.05, 0.1) is 19.4 Å². The van der Waals surface area contributed by atoms with E-state index in [1.807, 2.05) is 44.2 Å². The minimum atomic E-state index is -0.0529. The Hall–Kier alpha value is -2.56. The molecule has 0 spiro atoms. The van der Waals surface area contributed by atoms with E-state index < -0.39 is 0 Å². The van der Waals surface area contributed by atoms with Gasteiger partial charge in [-0.05, 0) is 55.7 Å². The van der Waals surface area contributed by atoms with E-state index >= 15 is 0 Å². The fourth-order valence-corrected chi connectivity index (χ4v) is 4.13. The Balaban J connectivity index is 2.06. The molecule has 5 heteroatoms. The molecule has 0 aliphatic heterocycles. The van der Waals surface area contributed by atoms with Crippen molar-refractivity contribution in [1.29, 1.82) is 0 Å². The van der Waals surface area contributed by atoms with E-state index in [4.69, 9.17) is 4.42 Å². The molecule has 2 aromatic rings. The molecule has 1 heterocycles. The van der Waals surface area contributed by atoms with Gasteiger partial charge in [0.2, 0.25) is 11.8 Å². The number of amides is 2. The highest BCUT2D eigenvalue weighted by atomic mass is 16.3. The van der Waals surface area contributed by atoms with Crippen LogP contribution in [0, 0.1) is 11.3 Å². The highest BCUT2D eigenvalue weighted by Crippen LogP contribution is 2.26. The first-order valence-corrected chi connectivity index (χ1v) is 11.7. The van der Waals surface area contributed by atoms with Crippen LogP contribution in [0.25, 0.3) is 0 Å². The SMILES string of the molecule is CC(CC(=O)N(CC(=O)N(CCc1ccccc1)Cc1ccco1)C(C)C)CC(C)(C)C. The maximum absolute atomic E-state index is 13.3. The van der Waals surface area contributed by atoms with Gasteiger partial charge < -0.3 is 14.2 Å². The van der Waals surface area contributed by atoms with Gasteiger partial charge in [0.15, 0.2) is 0 Å². The summed E-state index contributed by atoms with van der Waals surface area (Å²) >= 11 is 0. The fourth-order valence-electron chi connectivity index (χ4n) is 4.13. The third-order valence-corrected chi connectivity index (χ3v) is 5.53. The summed E-state index contributed by atoms with van der Waals surface area (Å²) in [5.74, 6) is 1.01. The highest BCUT2D eigenvalue weighted by Gasteiger charge is 2.26. The van der Waals surface area contributed by atoms with Gasteiger partial charge in [0.25, 0.3) is 0 Å². The largest absolute Gasteiger partial charge is 0.467 e. The first-order chi connectivity index (χ1) is 15.0. The summed E-state index contributed by atoms with van der Waals surface area (Å²) in [7, 11) is 0. The lowest BCUT2D eigenvalue weighted by molar-refractivity contribution is -0.143. The van der Waals surface area contributed by atoms with E-state index in [1.54, 1.807) is 16.1 Å². The molecule has 0 N–H and O–H groups in total. The van der Waals surface area contributed by atoms with Crippen LogP contribution in [-0.4, -0.2) is 40.7 Å². The van der Waals surface area contributed by atoms with Gasteiger partial charge in [-0.2, -0.15) is 0 Å². The molecule has 0 fully saturated rings. The minimum Gasteiger partial charge on any atom is -0.467 e. The van der Waals surface area contributed by atoms with E-state index in [0.29, 0.717) is 19.5 Å². The molecule has 0 saturated heterocycles. The maximum Gasteiger partial charge on any atom is 0.242 e. The number of furan rings is 1. The number of carbonyl (C=O) groups is 2. The van der Waals surface area contributed by atoms with Gasteiger partial charge in [-0.25, -0.2) is 0 Å². The topological polar surface area (TPSA) is 53.8 Å². The zero-order chi connectivity index (χ0) is 23.7. The van der Waals surface area contributed by atoms with Gasteiger partial charge in [0.1, 0.15) is 5.76 Å². The van der Waals surface area contributed by atoms with Gasteiger partial charge in [0, 0.05) is 19.0 Å². The minimum absolute atomic E-state index is 0.0344. The molecule has 0 saturated carbocycles. The third-order valence-electron chi connectivity index (χ3n) is 5.53. The van der Waals surface area contributed by atoms with Crippen LogP contribution in [0.2, 0.25) is 0 Å². The lowest BCUT2D eigenvalue weighted by atomic mass is 9.84. The van der Waals surface area contributed by atoms with E-state index in [1.165, 1.54) is 5.56 Å². The summed E-state index contributed by atoms with van der Waals surface area (Å²) in [6.45, 7) is 13.7. The summed E-state index contributed by atoms with van der Waals surface area (Å²) in [6.07, 6.45) is 3.81. The van der Waals surface area contributed by atoms with Crippen molar-refractivity contribution in [3.8, 4) is 0 Å². The molecule has 2 rings (SSSR count). The van der Waals surface area contributed by atoms with E-state index in [-0.39, 0.29) is 35.7 Å². The quantitative estimate of drug-likeness (QED) is 0.460. The summed E-state index contributed by atoms with van der Waals surface area (Å²) in [5, 5.41) is 0. The van der Waals surface area contributed by atoms with Crippen LogP contribution in [-0.2, 0) is 22.6 Å². The number of hydrogen-bond donors (Lipinski definition) is 0. The number of nitrogens with zero attached hydrogens (tertiary/aromatic N) is 2. The molecular formula is C27H40N2O3. The lowest BCUT2D eigenvalue weighted by Gasteiger charge is -2.31. The highest BCUT2D eigenvalue weighted by molar-refractivity contribution is 5.85. The average Bonchev–Trinajstić information content (AvgIpc) is 3.21. The Kier molecular flexibility index (Phi) is 9.55. The lowest BCUT2D eigenvalue weighted by Crippen LogP contribution is -2.46. The van der Waals surface area contributed by atoms with Crippen molar-refractivity contribution in [1.82, 2.24) is 9.80 Å². The number of hydrogen-bond acceptors (Lipinski definition) is 3. The molecule has 1 aromatic carbocycles. The molecule has 0 radical (unpaired) electrons. The molecule has 176 valence electrons. The fraction of sp³-hybridized carbons (Fsp3) is 0.556. The van der Waals surface area contributed by atoms with Crippen molar-refractivity contribution in [3.63, 3.8) is 0 Å². The molecule has 1 unspecified atom stereocenters. The molecular weight excluding hydrogens is 400 g/mol. The number of rotatable bonds is 11. The van der Waals surface area contributed by atoms with Crippen molar-refractivity contribution < 1.29 is 14.0 Å². The van der Waals surface area contributed by atoms with Crippen molar-refractivity contribution in [2.75, 3.05) is 13.1 Å². The van der Waals surface area contributed by atoms with Crippen LogP contribution in [0.4, 0.5) is 0 Å². The van der Waals surface area contributed by atoms with Crippen molar-refractivity contribution in [2.45, 2.75) is 73.4 Å². The van der Waals surface area contributed by atoms with E-state index in [9.17, 15) is 9.59 Å². The number of benzene rings is 1.